The maximum Gasteiger partial charge on any atom is 0.118 e. The number of rotatable bonds is 4. The molecule has 0 N–H and O–H groups in total. The Morgan fingerprint density at radius 3 is 2.80 bits per heavy atom. The highest BCUT2D eigenvalue weighted by atomic mass is 79.9. The Balaban J connectivity index is 1.71. The van der Waals surface area contributed by atoms with E-state index in [1.54, 1.807) is 17.6 Å². The summed E-state index contributed by atoms with van der Waals surface area (Å²) < 4.78 is 5.20. The minimum absolute atomic E-state index is 0.413. The fourth-order valence-electron chi connectivity index (χ4n) is 2.39. The van der Waals surface area contributed by atoms with E-state index in [9.17, 15) is 0 Å². The van der Waals surface area contributed by atoms with E-state index < -0.39 is 0 Å². The fourth-order valence-corrected chi connectivity index (χ4v) is 5.53. The van der Waals surface area contributed by atoms with Crippen molar-refractivity contribution in [3.63, 3.8) is 0 Å². The summed E-state index contributed by atoms with van der Waals surface area (Å²) in [6.07, 6.45) is 2.27. The van der Waals surface area contributed by atoms with E-state index in [4.69, 9.17) is 4.74 Å². The highest BCUT2D eigenvalue weighted by Gasteiger charge is 2.18. The van der Waals surface area contributed by atoms with Crippen LogP contribution in [0.1, 0.15) is 25.7 Å². The summed E-state index contributed by atoms with van der Waals surface area (Å²) >= 11 is 7.89. The summed E-state index contributed by atoms with van der Waals surface area (Å²) in [5.41, 5.74) is 2.90. The van der Waals surface area contributed by atoms with Gasteiger partial charge in [0, 0.05) is 15.5 Å². The molecule has 0 bridgehead atoms. The lowest BCUT2D eigenvalue weighted by atomic mass is 10.1. The Bertz CT molecular complexity index is 553. The molecule has 0 radical (unpaired) electrons. The molecule has 1 aliphatic heterocycles. The maximum atomic E-state index is 5.20. The van der Waals surface area contributed by atoms with Gasteiger partial charge in [-0.2, -0.15) is 11.8 Å². The number of thioether (sulfide) groups is 1. The van der Waals surface area contributed by atoms with Gasteiger partial charge in [-0.1, -0.05) is 28.1 Å². The van der Waals surface area contributed by atoms with Crippen LogP contribution in [0.3, 0.4) is 0 Å². The normalized spacial score (nSPS) is 15.7. The molecule has 106 valence electrons. The lowest BCUT2D eigenvalue weighted by molar-refractivity contribution is 0.414. The topological polar surface area (TPSA) is 9.23 Å². The average molecular weight is 369 g/mol. The maximum absolute atomic E-state index is 5.20. The third kappa shape index (κ3) is 3.23. The van der Waals surface area contributed by atoms with Crippen LogP contribution in [0, 0.1) is 0 Å². The molecule has 2 aromatic rings. The Kier molecular flexibility index (Phi) is 4.74. The van der Waals surface area contributed by atoms with Gasteiger partial charge in [0.05, 0.1) is 11.9 Å². The van der Waals surface area contributed by atoms with Crippen LogP contribution in [0.5, 0.6) is 5.75 Å². The van der Waals surface area contributed by atoms with Gasteiger partial charge in [-0.25, -0.2) is 0 Å². The van der Waals surface area contributed by atoms with Crippen molar-refractivity contribution in [2.75, 3.05) is 12.9 Å². The van der Waals surface area contributed by atoms with Gasteiger partial charge >= 0.3 is 0 Å². The molecule has 0 fully saturated rings. The van der Waals surface area contributed by atoms with E-state index in [2.05, 4.69) is 34.1 Å². The van der Waals surface area contributed by atoms with E-state index >= 15 is 0 Å². The number of alkyl halides is 1. The third-order valence-electron chi connectivity index (χ3n) is 3.53. The van der Waals surface area contributed by atoms with Gasteiger partial charge in [-0.3, -0.25) is 0 Å². The van der Waals surface area contributed by atoms with Crippen LogP contribution in [0.15, 0.2) is 30.3 Å². The van der Waals surface area contributed by atoms with Crippen molar-refractivity contribution in [1.29, 1.82) is 0 Å². The molecule has 0 saturated carbocycles. The number of thiophene rings is 1. The molecule has 1 nitrogen and oxygen atoms in total. The van der Waals surface area contributed by atoms with Crippen molar-refractivity contribution in [3.05, 3.63) is 51.2 Å². The first-order chi connectivity index (χ1) is 9.76. The lowest BCUT2D eigenvalue weighted by Crippen LogP contribution is -1.96. The summed E-state index contributed by atoms with van der Waals surface area (Å²) in [5, 5.41) is 0. The molecule has 2 heterocycles. The number of fused-ring (bicyclic) bond motifs is 1. The molecule has 0 amide bonds. The van der Waals surface area contributed by atoms with Crippen molar-refractivity contribution in [2.24, 2.45) is 0 Å². The zero-order valence-electron chi connectivity index (χ0n) is 11.4. The van der Waals surface area contributed by atoms with Gasteiger partial charge in [0.15, 0.2) is 0 Å². The van der Waals surface area contributed by atoms with E-state index in [0.717, 1.165) is 12.2 Å². The molecule has 0 saturated heterocycles. The van der Waals surface area contributed by atoms with Gasteiger partial charge in [0.1, 0.15) is 5.75 Å². The highest BCUT2D eigenvalue weighted by molar-refractivity contribution is 9.09. The standard InChI is InChI=1S/C16H17BrOS2/c1-18-13-4-2-11(3-5-13)8-14(17)16-9-12-10-19-7-6-15(12)20-16/h2-5,9,14H,6-8,10H2,1H3. The van der Waals surface area contributed by atoms with Gasteiger partial charge in [0.25, 0.3) is 0 Å². The molecular weight excluding hydrogens is 352 g/mol. The first-order valence-electron chi connectivity index (χ1n) is 6.72. The second-order valence-corrected chi connectivity index (χ2v) is 8.30. The van der Waals surface area contributed by atoms with Crippen molar-refractivity contribution in [1.82, 2.24) is 0 Å². The fraction of sp³-hybridized carbons (Fsp3) is 0.375. The zero-order chi connectivity index (χ0) is 13.9. The van der Waals surface area contributed by atoms with Crippen molar-refractivity contribution in [2.45, 2.75) is 23.4 Å². The predicted molar refractivity (Wildman–Crippen MR) is 92.6 cm³/mol. The van der Waals surface area contributed by atoms with Crippen LogP contribution in [0.4, 0.5) is 0 Å². The molecule has 1 aliphatic rings. The summed E-state index contributed by atoms with van der Waals surface area (Å²) in [6.45, 7) is 0. The van der Waals surface area contributed by atoms with E-state index in [0.29, 0.717) is 4.83 Å². The van der Waals surface area contributed by atoms with Crippen LogP contribution in [0.25, 0.3) is 0 Å². The monoisotopic (exact) mass is 368 g/mol. The quantitative estimate of drug-likeness (QED) is 0.683. The second-order valence-electron chi connectivity index (χ2n) is 4.92. The number of aryl methyl sites for hydroxylation is 1. The van der Waals surface area contributed by atoms with Gasteiger partial charge in [-0.15, -0.1) is 11.3 Å². The minimum atomic E-state index is 0.413. The molecule has 4 heteroatoms. The molecule has 1 unspecified atom stereocenters. The first-order valence-corrected chi connectivity index (χ1v) is 9.61. The first kappa shape index (κ1) is 14.5. The summed E-state index contributed by atoms with van der Waals surface area (Å²) in [7, 11) is 1.70. The van der Waals surface area contributed by atoms with Crippen LogP contribution >= 0.6 is 39.0 Å². The molecule has 0 spiro atoms. The third-order valence-corrected chi connectivity index (χ3v) is 7.01. The molecule has 3 rings (SSSR count). The number of ether oxygens (including phenoxy) is 1. The van der Waals surface area contributed by atoms with Gasteiger partial charge in [0.2, 0.25) is 0 Å². The Morgan fingerprint density at radius 2 is 2.10 bits per heavy atom. The van der Waals surface area contributed by atoms with E-state index in [1.807, 2.05) is 35.2 Å². The molecule has 1 atom stereocenters. The number of benzene rings is 1. The molecule has 20 heavy (non-hydrogen) atoms. The number of methoxy groups -OCH3 is 1. The second kappa shape index (κ2) is 6.54. The lowest BCUT2D eigenvalue weighted by Gasteiger charge is -2.08. The minimum Gasteiger partial charge on any atom is -0.497 e. The SMILES string of the molecule is COc1ccc(CC(Br)c2cc3c(s2)CCSC3)cc1. The van der Waals surface area contributed by atoms with E-state index in [1.165, 1.54) is 28.4 Å². The van der Waals surface area contributed by atoms with Gasteiger partial charge in [-0.05, 0) is 47.9 Å². The molecule has 0 aliphatic carbocycles. The van der Waals surface area contributed by atoms with Crippen molar-refractivity contribution < 1.29 is 4.74 Å². The number of halogens is 1. The largest absolute Gasteiger partial charge is 0.497 e. The Labute approximate surface area is 136 Å². The summed E-state index contributed by atoms with van der Waals surface area (Å²) in [5.74, 6) is 3.38. The highest BCUT2D eigenvalue weighted by Crippen LogP contribution is 2.38. The molecule has 1 aromatic carbocycles. The smallest absolute Gasteiger partial charge is 0.118 e. The van der Waals surface area contributed by atoms with E-state index in [-0.39, 0.29) is 0 Å². The van der Waals surface area contributed by atoms with Crippen LogP contribution < -0.4 is 4.74 Å². The number of hydrogen-bond acceptors (Lipinski definition) is 3. The summed E-state index contributed by atoms with van der Waals surface area (Å²) in [6, 6.07) is 10.8. The Morgan fingerprint density at radius 1 is 1.30 bits per heavy atom. The van der Waals surface area contributed by atoms with Crippen molar-refractivity contribution >= 4 is 39.0 Å². The Hall–Kier alpha value is -0.450. The summed E-state index contributed by atoms with van der Waals surface area (Å²) in [4.78, 5) is 3.47. The van der Waals surface area contributed by atoms with Gasteiger partial charge < -0.3 is 4.74 Å². The van der Waals surface area contributed by atoms with Crippen LogP contribution in [0.2, 0.25) is 0 Å². The molecule has 1 aromatic heterocycles. The molecular formula is C16H17BrOS2. The van der Waals surface area contributed by atoms with Crippen molar-refractivity contribution in [3.8, 4) is 5.75 Å². The predicted octanol–water partition coefficient (Wildman–Crippen LogP) is 5.22. The van der Waals surface area contributed by atoms with Crippen LogP contribution in [-0.4, -0.2) is 12.9 Å². The zero-order valence-corrected chi connectivity index (χ0v) is 14.6. The average Bonchev–Trinajstić information content (AvgIpc) is 2.92. The number of hydrogen-bond donors (Lipinski definition) is 0. The van der Waals surface area contributed by atoms with Crippen LogP contribution in [-0.2, 0) is 18.6 Å².